The van der Waals surface area contributed by atoms with Crippen LogP contribution in [-0.4, -0.2) is 24.5 Å². The summed E-state index contributed by atoms with van der Waals surface area (Å²) in [6.45, 7) is 0. The number of nitrogens with one attached hydrogen (secondary N) is 1. The largest absolute Gasteiger partial charge is 0.476 e. The van der Waals surface area contributed by atoms with Crippen LogP contribution >= 0.6 is 22.9 Å². The van der Waals surface area contributed by atoms with Crippen LogP contribution in [0.25, 0.3) is 0 Å². The van der Waals surface area contributed by atoms with Gasteiger partial charge >= 0.3 is 5.97 Å². The van der Waals surface area contributed by atoms with E-state index >= 15 is 0 Å². The fraction of sp³-hybridized carbons (Fsp3) is 0.0909. The molecule has 0 atom stereocenters. The molecule has 0 aliphatic carbocycles. The maximum atomic E-state index is 13.6. The van der Waals surface area contributed by atoms with Gasteiger partial charge in [0.25, 0.3) is 0 Å². The highest BCUT2D eigenvalue weighted by molar-refractivity contribution is 7.92. The lowest BCUT2D eigenvalue weighted by Gasteiger charge is -2.08. The number of halogens is 2. The molecular weight excluding hydrogens is 343 g/mol. The van der Waals surface area contributed by atoms with Crippen LogP contribution in [0, 0.1) is 5.82 Å². The predicted octanol–water partition coefficient (Wildman–Crippen LogP) is 2.58. The van der Waals surface area contributed by atoms with Crippen molar-refractivity contribution in [3.63, 3.8) is 0 Å². The summed E-state index contributed by atoms with van der Waals surface area (Å²) in [5.74, 6) is -2.83. The standard InChI is InChI=1S/C11H8ClFN2O4S2/c12-7-2-1-3-8(13)6(7)4-21(18,19)15-10-9(11(16)17)14-5-20-10/h1-3,5,15H,4H2,(H,16,17). The molecule has 2 aromatic rings. The highest BCUT2D eigenvalue weighted by atomic mass is 35.5. The monoisotopic (exact) mass is 350 g/mol. The van der Waals surface area contributed by atoms with Crippen LogP contribution in [0.3, 0.4) is 0 Å². The van der Waals surface area contributed by atoms with Gasteiger partial charge in [0.05, 0.1) is 11.3 Å². The first-order valence-electron chi connectivity index (χ1n) is 5.40. The van der Waals surface area contributed by atoms with Gasteiger partial charge in [-0.05, 0) is 12.1 Å². The second-order valence-electron chi connectivity index (χ2n) is 3.90. The number of sulfonamides is 1. The first-order chi connectivity index (χ1) is 9.80. The van der Waals surface area contributed by atoms with E-state index in [9.17, 15) is 17.6 Å². The van der Waals surface area contributed by atoms with Gasteiger partial charge in [0, 0.05) is 10.6 Å². The lowest BCUT2D eigenvalue weighted by atomic mass is 10.2. The van der Waals surface area contributed by atoms with Gasteiger partial charge in [-0.15, -0.1) is 11.3 Å². The van der Waals surface area contributed by atoms with Gasteiger partial charge in [0.15, 0.2) is 5.69 Å². The third-order valence-corrected chi connectivity index (χ3v) is 4.82. The van der Waals surface area contributed by atoms with Gasteiger partial charge in [0.2, 0.25) is 10.0 Å². The Morgan fingerprint density at radius 3 is 2.81 bits per heavy atom. The quantitative estimate of drug-likeness (QED) is 0.863. The Labute approximate surface area is 128 Å². The molecule has 0 saturated heterocycles. The first kappa shape index (κ1) is 15.7. The van der Waals surface area contributed by atoms with E-state index < -0.39 is 33.3 Å². The molecule has 1 heterocycles. The molecule has 2 N–H and O–H groups in total. The number of hydrogen-bond donors (Lipinski definition) is 2. The first-order valence-corrected chi connectivity index (χ1v) is 8.31. The highest BCUT2D eigenvalue weighted by Gasteiger charge is 2.22. The Morgan fingerprint density at radius 2 is 2.19 bits per heavy atom. The molecular formula is C11H8ClFN2O4S2. The third kappa shape index (κ3) is 3.69. The average Bonchev–Trinajstić information content (AvgIpc) is 2.81. The maximum absolute atomic E-state index is 13.6. The minimum absolute atomic E-state index is 0.0249. The summed E-state index contributed by atoms with van der Waals surface area (Å²) in [6, 6.07) is 3.81. The third-order valence-electron chi connectivity index (χ3n) is 2.41. The van der Waals surface area contributed by atoms with Gasteiger partial charge in [-0.2, -0.15) is 0 Å². The van der Waals surface area contributed by atoms with Crippen molar-refractivity contribution in [2.75, 3.05) is 4.72 Å². The van der Waals surface area contributed by atoms with Crippen molar-refractivity contribution in [3.8, 4) is 0 Å². The van der Waals surface area contributed by atoms with E-state index in [1.165, 1.54) is 17.6 Å². The highest BCUT2D eigenvalue weighted by Crippen LogP contribution is 2.25. The van der Waals surface area contributed by atoms with E-state index in [2.05, 4.69) is 9.71 Å². The van der Waals surface area contributed by atoms with Crippen molar-refractivity contribution in [3.05, 3.63) is 45.8 Å². The average molecular weight is 351 g/mol. The summed E-state index contributed by atoms with van der Waals surface area (Å²) in [5.41, 5.74) is 0.591. The number of benzene rings is 1. The number of hydrogen-bond acceptors (Lipinski definition) is 5. The van der Waals surface area contributed by atoms with Crippen molar-refractivity contribution in [2.24, 2.45) is 0 Å². The van der Waals surface area contributed by atoms with Gasteiger partial charge in [-0.1, -0.05) is 17.7 Å². The number of rotatable bonds is 5. The molecule has 0 amide bonds. The molecule has 0 fully saturated rings. The number of carboxylic acid groups (broad SMARTS) is 1. The molecule has 0 spiro atoms. The second-order valence-corrected chi connectivity index (χ2v) is 6.88. The SMILES string of the molecule is O=C(O)c1ncsc1NS(=O)(=O)Cc1c(F)cccc1Cl. The molecule has 1 aromatic carbocycles. The Bertz CT molecular complexity index is 771. The normalized spacial score (nSPS) is 11.3. The van der Waals surface area contributed by atoms with E-state index in [0.29, 0.717) is 0 Å². The predicted molar refractivity (Wildman–Crippen MR) is 76.7 cm³/mol. The number of carbonyl (C=O) groups is 1. The number of thiazole rings is 1. The summed E-state index contributed by atoms with van der Waals surface area (Å²) in [5, 5.41) is 8.69. The van der Waals surface area contributed by atoms with Gasteiger partial charge in [-0.3, -0.25) is 4.72 Å². The summed E-state index contributed by atoms with van der Waals surface area (Å²) in [4.78, 5) is 14.4. The van der Waals surface area contributed by atoms with Crippen LogP contribution in [0.2, 0.25) is 5.02 Å². The number of nitrogens with zero attached hydrogens (tertiary/aromatic N) is 1. The molecule has 0 radical (unpaired) electrons. The van der Waals surface area contributed by atoms with E-state index in [0.717, 1.165) is 17.4 Å². The number of anilines is 1. The van der Waals surface area contributed by atoms with Gasteiger partial charge in [-0.25, -0.2) is 22.6 Å². The van der Waals surface area contributed by atoms with Crippen molar-refractivity contribution in [1.82, 2.24) is 4.98 Å². The molecule has 2 rings (SSSR count). The molecule has 0 aliphatic heterocycles. The topological polar surface area (TPSA) is 96.4 Å². The maximum Gasteiger partial charge on any atom is 0.357 e. The van der Waals surface area contributed by atoms with E-state index in [-0.39, 0.29) is 15.6 Å². The fourth-order valence-electron chi connectivity index (χ4n) is 1.51. The van der Waals surface area contributed by atoms with Crippen molar-refractivity contribution < 1.29 is 22.7 Å². The molecule has 112 valence electrons. The smallest absolute Gasteiger partial charge is 0.357 e. The van der Waals surface area contributed by atoms with Crippen LogP contribution in [0.1, 0.15) is 16.1 Å². The van der Waals surface area contributed by atoms with Gasteiger partial charge < -0.3 is 5.11 Å². The summed E-state index contributed by atoms with van der Waals surface area (Å²) in [7, 11) is -4.03. The van der Waals surface area contributed by atoms with E-state index in [4.69, 9.17) is 16.7 Å². The second kappa shape index (κ2) is 5.96. The molecule has 0 bridgehead atoms. The molecule has 1 aromatic heterocycles. The Balaban J connectivity index is 2.27. The fourth-order valence-corrected chi connectivity index (χ4v) is 4.03. The van der Waals surface area contributed by atoms with Crippen molar-refractivity contribution in [1.29, 1.82) is 0 Å². The molecule has 6 nitrogen and oxygen atoms in total. The minimum Gasteiger partial charge on any atom is -0.476 e. The van der Waals surface area contributed by atoms with Crippen molar-refractivity contribution in [2.45, 2.75) is 5.75 Å². The summed E-state index contributed by atoms with van der Waals surface area (Å²) >= 11 is 6.58. The summed E-state index contributed by atoms with van der Waals surface area (Å²) < 4.78 is 39.7. The molecule has 10 heteroatoms. The van der Waals surface area contributed by atoms with Crippen LogP contribution in [0.4, 0.5) is 9.39 Å². The number of aromatic carboxylic acids is 1. The lowest BCUT2D eigenvalue weighted by Crippen LogP contribution is -2.17. The minimum atomic E-state index is -4.03. The number of aromatic nitrogens is 1. The van der Waals surface area contributed by atoms with Crippen LogP contribution < -0.4 is 4.72 Å². The van der Waals surface area contributed by atoms with E-state index in [1.807, 2.05) is 0 Å². The lowest BCUT2D eigenvalue weighted by molar-refractivity contribution is 0.0692. The Hall–Kier alpha value is -1.71. The van der Waals surface area contributed by atoms with Crippen molar-refractivity contribution >= 4 is 43.9 Å². The molecule has 21 heavy (non-hydrogen) atoms. The zero-order chi connectivity index (χ0) is 15.6. The molecule has 0 saturated carbocycles. The Kier molecular flexibility index (Phi) is 4.45. The number of carboxylic acids is 1. The van der Waals surface area contributed by atoms with Gasteiger partial charge in [0.1, 0.15) is 10.8 Å². The van der Waals surface area contributed by atoms with Crippen LogP contribution in [0.5, 0.6) is 0 Å². The molecule has 0 aliphatic rings. The zero-order valence-electron chi connectivity index (χ0n) is 10.2. The zero-order valence-corrected chi connectivity index (χ0v) is 12.6. The van der Waals surface area contributed by atoms with Crippen LogP contribution in [0.15, 0.2) is 23.7 Å². The molecule has 0 unspecified atom stereocenters. The van der Waals surface area contributed by atoms with E-state index in [1.54, 1.807) is 0 Å². The summed E-state index contributed by atoms with van der Waals surface area (Å²) in [6.07, 6.45) is 0. The Morgan fingerprint density at radius 1 is 1.48 bits per heavy atom. The van der Waals surface area contributed by atoms with Crippen LogP contribution in [-0.2, 0) is 15.8 Å².